The molecule has 1 fully saturated rings. The second-order valence-corrected chi connectivity index (χ2v) is 5.57. The number of nitrogens with one attached hydrogen (secondary N) is 1. The quantitative estimate of drug-likeness (QED) is 0.636. The van der Waals surface area contributed by atoms with Crippen molar-refractivity contribution >= 4 is 11.8 Å². The Balaban J connectivity index is 1.98. The molecule has 1 rings (SSSR count). The van der Waals surface area contributed by atoms with E-state index in [0.29, 0.717) is 6.04 Å². The van der Waals surface area contributed by atoms with Crippen molar-refractivity contribution in [3.05, 3.63) is 0 Å². The van der Waals surface area contributed by atoms with Gasteiger partial charge in [-0.25, -0.2) is 0 Å². The van der Waals surface area contributed by atoms with Crippen LogP contribution in [0.3, 0.4) is 0 Å². The Morgan fingerprint density at radius 3 is 2.62 bits per heavy atom. The van der Waals surface area contributed by atoms with Crippen molar-refractivity contribution in [2.45, 2.75) is 52.1 Å². The number of thioether (sulfide) groups is 1. The van der Waals surface area contributed by atoms with Gasteiger partial charge in [0, 0.05) is 12.1 Å². The first-order chi connectivity index (χ1) is 6.24. The minimum absolute atomic E-state index is 0.703. The van der Waals surface area contributed by atoms with Crippen molar-refractivity contribution in [3.8, 4) is 0 Å². The largest absolute Gasteiger partial charge is 0.311 e. The first-order valence-electron chi connectivity index (χ1n) is 5.57. The van der Waals surface area contributed by atoms with E-state index >= 15 is 0 Å². The van der Waals surface area contributed by atoms with Gasteiger partial charge in [0.25, 0.3) is 0 Å². The summed E-state index contributed by atoms with van der Waals surface area (Å²) in [5, 5.41) is 3.69. The van der Waals surface area contributed by atoms with Gasteiger partial charge in [0.05, 0.1) is 0 Å². The molecule has 0 aromatic rings. The fraction of sp³-hybridized carbons (Fsp3) is 1.00. The molecule has 78 valence electrons. The van der Waals surface area contributed by atoms with Crippen molar-refractivity contribution in [3.63, 3.8) is 0 Å². The molecule has 0 saturated heterocycles. The van der Waals surface area contributed by atoms with Crippen LogP contribution in [-0.2, 0) is 0 Å². The number of hydrogen-bond donors (Lipinski definition) is 1. The van der Waals surface area contributed by atoms with Gasteiger partial charge < -0.3 is 5.32 Å². The van der Waals surface area contributed by atoms with Crippen molar-refractivity contribution < 1.29 is 0 Å². The molecule has 1 aliphatic rings. The Morgan fingerprint density at radius 2 is 2.08 bits per heavy atom. The summed E-state index contributed by atoms with van der Waals surface area (Å²) in [7, 11) is 0. The number of rotatable bonds is 7. The molecule has 13 heavy (non-hydrogen) atoms. The van der Waals surface area contributed by atoms with Gasteiger partial charge >= 0.3 is 0 Å². The Hall–Kier alpha value is 0.310. The number of hydrogen-bond acceptors (Lipinski definition) is 2. The van der Waals surface area contributed by atoms with Crippen molar-refractivity contribution in [1.29, 1.82) is 0 Å². The fourth-order valence-corrected chi connectivity index (χ4v) is 2.48. The SMILES string of the molecule is CCSCCC(C)NC(C)C1CC1. The van der Waals surface area contributed by atoms with Gasteiger partial charge in [0.15, 0.2) is 0 Å². The van der Waals surface area contributed by atoms with Gasteiger partial charge in [-0.15, -0.1) is 0 Å². The summed E-state index contributed by atoms with van der Waals surface area (Å²) in [6.45, 7) is 6.88. The van der Waals surface area contributed by atoms with E-state index in [1.54, 1.807) is 0 Å². The molecule has 2 unspecified atom stereocenters. The Morgan fingerprint density at radius 1 is 1.38 bits per heavy atom. The third-order valence-corrected chi connectivity index (χ3v) is 3.71. The molecular weight excluding hydrogens is 178 g/mol. The summed E-state index contributed by atoms with van der Waals surface area (Å²) in [6.07, 6.45) is 4.21. The highest BCUT2D eigenvalue weighted by Gasteiger charge is 2.28. The summed E-state index contributed by atoms with van der Waals surface area (Å²) in [4.78, 5) is 0. The Kier molecular flexibility index (Phi) is 5.18. The lowest BCUT2D eigenvalue weighted by molar-refractivity contribution is 0.426. The maximum atomic E-state index is 3.69. The Labute approximate surface area is 87.1 Å². The van der Waals surface area contributed by atoms with Crippen LogP contribution in [0.5, 0.6) is 0 Å². The molecule has 0 radical (unpaired) electrons. The van der Waals surface area contributed by atoms with Crippen LogP contribution in [0.2, 0.25) is 0 Å². The molecule has 0 bridgehead atoms. The normalized spacial score (nSPS) is 21.5. The van der Waals surface area contributed by atoms with Crippen LogP contribution in [0.15, 0.2) is 0 Å². The van der Waals surface area contributed by atoms with E-state index < -0.39 is 0 Å². The van der Waals surface area contributed by atoms with E-state index in [0.717, 1.165) is 12.0 Å². The van der Waals surface area contributed by atoms with Crippen LogP contribution in [0.1, 0.15) is 40.0 Å². The van der Waals surface area contributed by atoms with Crippen molar-refractivity contribution in [1.82, 2.24) is 5.32 Å². The summed E-state index contributed by atoms with van der Waals surface area (Å²) in [6, 6.07) is 1.45. The van der Waals surface area contributed by atoms with Crippen LogP contribution < -0.4 is 5.32 Å². The maximum absolute atomic E-state index is 3.69. The summed E-state index contributed by atoms with van der Waals surface area (Å²) < 4.78 is 0. The lowest BCUT2D eigenvalue weighted by Crippen LogP contribution is -2.36. The average molecular weight is 201 g/mol. The molecule has 1 N–H and O–H groups in total. The average Bonchev–Trinajstić information content (AvgIpc) is 2.86. The van der Waals surface area contributed by atoms with Crippen molar-refractivity contribution in [2.24, 2.45) is 5.92 Å². The first kappa shape index (κ1) is 11.4. The highest BCUT2D eigenvalue weighted by atomic mass is 32.2. The topological polar surface area (TPSA) is 12.0 Å². The van der Waals surface area contributed by atoms with Crippen molar-refractivity contribution in [2.75, 3.05) is 11.5 Å². The van der Waals surface area contributed by atoms with Gasteiger partial charge in [-0.3, -0.25) is 0 Å². The summed E-state index contributed by atoms with van der Waals surface area (Å²) in [5.41, 5.74) is 0. The second kappa shape index (κ2) is 5.92. The fourth-order valence-electron chi connectivity index (χ4n) is 1.67. The third kappa shape index (κ3) is 4.92. The summed E-state index contributed by atoms with van der Waals surface area (Å²) in [5.74, 6) is 3.55. The van der Waals surface area contributed by atoms with Gasteiger partial charge in [0.2, 0.25) is 0 Å². The van der Waals surface area contributed by atoms with Crippen LogP contribution in [-0.4, -0.2) is 23.6 Å². The van der Waals surface area contributed by atoms with Gasteiger partial charge in [-0.1, -0.05) is 6.92 Å². The molecule has 2 heteroatoms. The van der Waals surface area contributed by atoms with Gasteiger partial charge in [-0.05, 0) is 50.5 Å². The molecule has 0 amide bonds. The molecule has 1 nitrogen and oxygen atoms in total. The standard InChI is InChI=1S/C11H23NS/c1-4-13-8-7-9(2)12-10(3)11-5-6-11/h9-12H,4-8H2,1-3H3. The zero-order valence-electron chi connectivity index (χ0n) is 9.18. The highest BCUT2D eigenvalue weighted by Crippen LogP contribution is 2.32. The zero-order chi connectivity index (χ0) is 9.68. The van der Waals surface area contributed by atoms with E-state index in [-0.39, 0.29) is 0 Å². The molecule has 0 heterocycles. The third-order valence-electron chi connectivity index (χ3n) is 2.78. The van der Waals surface area contributed by atoms with E-state index in [1.165, 1.54) is 30.8 Å². The van der Waals surface area contributed by atoms with E-state index in [2.05, 4.69) is 26.1 Å². The molecule has 2 atom stereocenters. The maximum Gasteiger partial charge on any atom is 0.00694 e. The molecule has 0 aliphatic heterocycles. The molecule has 1 saturated carbocycles. The predicted molar refractivity (Wildman–Crippen MR) is 62.4 cm³/mol. The summed E-state index contributed by atoms with van der Waals surface area (Å²) >= 11 is 2.05. The molecular formula is C11H23NS. The van der Waals surface area contributed by atoms with E-state index in [4.69, 9.17) is 0 Å². The smallest absolute Gasteiger partial charge is 0.00694 e. The molecule has 0 spiro atoms. The van der Waals surface area contributed by atoms with Crippen LogP contribution in [0, 0.1) is 5.92 Å². The predicted octanol–water partition coefficient (Wildman–Crippen LogP) is 2.91. The van der Waals surface area contributed by atoms with E-state index in [9.17, 15) is 0 Å². The minimum Gasteiger partial charge on any atom is -0.311 e. The van der Waals surface area contributed by atoms with Crippen LogP contribution in [0.25, 0.3) is 0 Å². The lowest BCUT2D eigenvalue weighted by atomic mass is 10.1. The first-order valence-corrected chi connectivity index (χ1v) is 6.73. The lowest BCUT2D eigenvalue weighted by Gasteiger charge is -2.19. The van der Waals surface area contributed by atoms with Crippen LogP contribution >= 0.6 is 11.8 Å². The molecule has 1 aliphatic carbocycles. The molecule has 0 aromatic heterocycles. The van der Waals surface area contributed by atoms with Gasteiger partial charge in [0.1, 0.15) is 0 Å². The zero-order valence-corrected chi connectivity index (χ0v) is 9.99. The van der Waals surface area contributed by atoms with Crippen LogP contribution in [0.4, 0.5) is 0 Å². The Bertz CT molecular complexity index is 134. The highest BCUT2D eigenvalue weighted by molar-refractivity contribution is 7.99. The minimum atomic E-state index is 0.703. The van der Waals surface area contributed by atoms with Gasteiger partial charge in [-0.2, -0.15) is 11.8 Å². The second-order valence-electron chi connectivity index (χ2n) is 4.18. The monoisotopic (exact) mass is 201 g/mol. The molecule has 0 aromatic carbocycles. The van der Waals surface area contributed by atoms with E-state index in [1.807, 2.05) is 11.8 Å².